The molecule has 0 aliphatic carbocycles. The number of ether oxygens (including phenoxy) is 1. The first-order chi connectivity index (χ1) is 15.3. The van der Waals surface area contributed by atoms with Crippen molar-refractivity contribution in [2.24, 2.45) is 0 Å². The Morgan fingerprint density at radius 2 is 1.84 bits per heavy atom. The summed E-state index contributed by atoms with van der Waals surface area (Å²) in [4.78, 5) is 28.1. The molecular formula is C23H27N3O5S. The molecule has 1 aromatic heterocycles. The molecule has 0 atom stereocenters. The maximum atomic E-state index is 13.2. The fourth-order valence-corrected chi connectivity index (χ4v) is 4.44. The summed E-state index contributed by atoms with van der Waals surface area (Å²) in [5.41, 5.74) is 0.325. The van der Waals surface area contributed by atoms with E-state index in [9.17, 15) is 18.0 Å². The van der Waals surface area contributed by atoms with Crippen LogP contribution in [-0.2, 0) is 10.0 Å². The van der Waals surface area contributed by atoms with Crippen molar-refractivity contribution in [1.29, 1.82) is 0 Å². The quantitative estimate of drug-likeness (QED) is 0.480. The van der Waals surface area contributed by atoms with E-state index in [1.165, 1.54) is 31.4 Å². The van der Waals surface area contributed by atoms with Crippen molar-refractivity contribution < 1.29 is 17.9 Å². The summed E-state index contributed by atoms with van der Waals surface area (Å²) in [5.74, 6) is 0.158. The monoisotopic (exact) mass is 457 g/mol. The molecule has 0 aliphatic heterocycles. The van der Waals surface area contributed by atoms with Crippen molar-refractivity contribution in [1.82, 2.24) is 10.3 Å². The van der Waals surface area contributed by atoms with Crippen LogP contribution in [0.2, 0.25) is 0 Å². The van der Waals surface area contributed by atoms with Crippen LogP contribution < -0.4 is 19.8 Å². The van der Waals surface area contributed by atoms with Gasteiger partial charge in [-0.2, -0.15) is 0 Å². The number of hydrogen-bond donors (Lipinski definition) is 2. The number of carbonyl (C=O) groups is 1. The molecule has 0 saturated carbocycles. The Morgan fingerprint density at radius 3 is 2.50 bits per heavy atom. The minimum atomic E-state index is -3.94. The Kier molecular flexibility index (Phi) is 7.19. The predicted molar refractivity (Wildman–Crippen MR) is 125 cm³/mol. The lowest BCUT2D eigenvalue weighted by atomic mass is 10.1. The maximum absolute atomic E-state index is 13.2. The number of amides is 1. The van der Waals surface area contributed by atoms with Gasteiger partial charge in [-0.3, -0.25) is 13.9 Å². The Labute approximate surface area is 187 Å². The fraction of sp³-hybridized carbons (Fsp3) is 0.304. The number of fused-ring (bicyclic) bond motifs is 1. The molecule has 0 unspecified atom stereocenters. The summed E-state index contributed by atoms with van der Waals surface area (Å²) in [6, 6.07) is 10.9. The van der Waals surface area contributed by atoms with E-state index in [0.29, 0.717) is 30.1 Å². The van der Waals surface area contributed by atoms with E-state index >= 15 is 0 Å². The molecule has 0 bridgehead atoms. The van der Waals surface area contributed by atoms with Gasteiger partial charge in [0.05, 0.1) is 17.2 Å². The molecule has 2 aromatic carbocycles. The van der Waals surface area contributed by atoms with Gasteiger partial charge in [0.25, 0.3) is 15.9 Å². The van der Waals surface area contributed by atoms with Crippen LogP contribution >= 0.6 is 0 Å². The van der Waals surface area contributed by atoms with Crippen LogP contribution in [-0.4, -0.2) is 39.5 Å². The number of unbranched alkanes of at least 4 members (excludes halogenated alkanes) is 1. The minimum absolute atomic E-state index is 0.0459. The highest BCUT2D eigenvalue weighted by Crippen LogP contribution is 2.25. The number of hydrogen-bond acceptors (Lipinski definition) is 5. The highest BCUT2D eigenvalue weighted by atomic mass is 32.2. The molecular weight excluding hydrogens is 430 g/mol. The van der Waals surface area contributed by atoms with E-state index in [1.54, 1.807) is 24.3 Å². The van der Waals surface area contributed by atoms with Crippen LogP contribution in [0.4, 0.5) is 5.69 Å². The highest BCUT2D eigenvalue weighted by Gasteiger charge is 2.23. The van der Waals surface area contributed by atoms with Crippen LogP contribution in [0.3, 0.4) is 0 Å². The van der Waals surface area contributed by atoms with Gasteiger partial charge in [-0.05, 0) is 55.8 Å². The number of benzene rings is 2. The summed E-state index contributed by atoms with van der Waals surface area (Å²) in [6.45, 7) is 4.85. The van der Waals surface area contributed by atoms with Gasteiger partial charge in [-0.25, -0.2) is 8.42 Å². The standard InChI is InChI=1S/C23H27N3O5S/c1-4-6-13-24-23(28)20-15-25-21-12-11-18(14-19(21)22(20)27)32(29,30)26(3)16-7-9-17(10-8-16)31-5-2/h7-12,14-15H,4-6,13H2,1-3H3,(H,24,28)(H,25,27). The third-order valence-electron chi connectivity index (χ3n) is 5.08. The topological polar surface area (TPSA) is 109 Å². The van der Waals surface area contributed by atoms with E-state index in [4.69, 9.17) is 4.74 Å². The molecule has 3 rings (SSSR count). The lowest BCUT2D eigenvalue weighted by molar-refractivity contribution is 0.0952. The molecule has 170 valence electrons. The van der Waals surface area contributed by atoms with Crippen molar-refractivity contribution in [2.75, 3.05) is 24.5 Å². The Hall–Kier alpha value is -3.33. The van der Waals surface area contributed by atoms with Gasteiger partial charge in [0, 0.05) is 30.7 Å². The van der Waals surface area contributed by atoms with Gasteiger partial charge < -0.3 is 15.0 Å². The van der Waals surface area contributed by atoms with E-state index in [-0.39, 0.29) is 15.8 Å². The molecule has 0 saturated heterocycles. The Bertz CT molecular complexity index is 1270. The van der Waals surface area contributed by atoms with Crippen molar-refractivity contribution >= 4 is 32.5 Å². The molecule has 0 spiro atoms. The summed E-state index contributed by atoms with van der Waals surface area (Å²) in [6.07, 6.45) is 3.07. The van der Waals surface area contributed by atoms with Gasteiger partial charge in [0.1, 0.15) is 11.3 Å². The number of aromatic amines is 1. The molecule has 9 heteroatoms. The van der Waals surface area contributed by atoms with Gasteiger partial charge in [-0.15, -0.1) is 0 Å². The van der Waals surface area contributed by atoms with E-state index in [1.807, 2.05) is 13.8 Å². The summed E-state index contributed by atoms with van der Waals surface area (Å²) in [5, 5.41) is 2.84. The normalized spacial score (nSPS) is 11.3. The summed E-state index contributed by atoms with van der Waals surface area (Å²) < 4.78 is 32.9. The van der Waals surface area contributed by atoms with Crippen molar-refractivity contribution in [3.05, 3.63) is 64.4 Å². The first-order valence-corrected chi connectivity index (χ1v) is 11.9. The van der Waals surface area contributed by atoms with Gasteiger partial charge in [0.2, 0.25) is 5.43 Å². The van der Waals surface area contributed by atoms with Crippen molar-refractivity contribution in [3.8, 4) is 5.75 Å². The molecule has 8 nitrogen and oxygen atoms in total. The van der Waals surface area contributed by atoms with Gasteiger partial charge in [-0.1, -0.05) is 13.3 Å². The van der Waals surface area contributed by atoms with Crippen molar-refractivity contribution in [2.45, 2.75) is 31.6 Å². The minimum Gasteiger partial charge on any atom is -0.494 e. The molecule has 0 aliphatic rings. The summed E-state index contributed by atoms with van der Waals surface area (Å²) in [7, 11) is -2.50. The third kappa shape index (κ3) is 4.77. The number of anilines is 1. The number of carbonyl (C=O) groups excluding carboxylic acids is 1. The third-order valence-corrected chi connectivity index (χ3v) is 6.86. The molecule has 3 aromatic rings. The zero-order valence-electron chi connectivity index (χ0n) is 18.3. The largest absolute Gasteiger partial charge is 0.494 e. The lowest BCUT2D eigenvalue weighted by Gasteiger charge is -2.20. The van der Waals surface area contributed by atoms with Crippen LogP contribution in [0.15, 0.2) is 58.4 Å². The van der Waals surface area contributed by atoms with Gasteiger partial charge >= 0.3 is 0 Å². The number of rotatable bonds is 9. The number of H-pyrrole nitrogens is 1. The lowest BCUT2D eigenvalue weighted by Crippen LogP contribution is -2.30. The number of pyridine rings is 1. The van der Waals surface area contributed by atoms with Crippen molar-refractivity contribution in [3.63, 3.8) is 0 Å². The molecule has 2 N–H and O–H groups in total. The fourth-order valence-electron chi connectivity index (χ4n) is 3.22. The Morgan fingerprint density at radius 1 is 1.12 bits per heavy atom. The SMILES string of the molecule is CCCCNC(=O)c1c[nH]c2ccc(S(=O)(=O)N(C)c3ccc(OCC)cc3)cc2c1=O. The van der Waals surface area contributed by atoms with Crippen LogP contribution in [0.5, 0.6) is 5.75 Å². The zero-order chi connectivity index (χ0) is 23.3. The Balaban J connectivity index is 1.96. The van der Waals surface area contributed by atoms with Crippen LogP contribution in [0, 0.1) is 0 Å². The van der Waals surface area contributed by atoms with E-state index < -0.39 is 21.4 Å². The predicted octanol–water partition coefficient (Wildman–Crippen LogP) is 3.28. The first kappa shape index (κ1) is 23.3. The van der Waals surface area contributed by atoms with Gasteiger partial charge in [0.15, 0.2) is 0 Å². The molecule has 0 fully saturated rings. The first-order valence-electron chi connectivity index (χ1n) is 10.4. The highest BCUT2D eigenvalue weighted by molar-refractivity contribution is 7.92. The average Bonchev–Trinajstić information content (AvgIpc) is 2.79. The van der Waals surface area contributed by atoms with E-state index in [0.717, 1.165) is 17.1 Å². The second-order valence-corrected chi connectivity index (χ2v) is 9.22. The number of nitrogens with one attached hydrogen (secondary N) is 2. The number of aromatic nitrogens is 1. The molecule has 1 amide bonds. The number of nitrogens with zero attached hydrogens (tertiary/aromatic N) is 1. The second-order valence-electron chi connectivity index (χ2n) is 7.25. The van der Waals surface area contributed by atoms with E-state index in [2.05, 4.69) is 10.3 Å². The second kappa shape index (κ2) is 9.86. The smallest absolute Gasteiger partial charge is 0.264 e. The maximum Gasteiger partial charge on any atom is 0.264 e. The average molecular weight is 458 g/mol. The molecule has 32 heavy (non-hydrogen) atoms. The molecule has 1 heterocycles. The van der Waals surface area contributed by atoms with Crippen LogP contribution in [0.25, 0.3) is 10.9 Å². The summed E-state index contributed by atoms with van der Waals surface area (Å²) >= 11 is 0. The zero-order valence-corrected chi connectivity index (χ0v) is 19.2. The molecule has 0 radical (unpaired) electrons. The number of sulfonamides is 1. The van der Waals surface area contributed by atoms with Crippen LogP contribution in [0.1, 0.15) is 37.0 Å².